The van der Waals surface area contributed by atoms with Crippen LogP contribution < -0.4 is 10.1 Å². The van der Waals surface area contributed by atoms with Crippen molar-refractivity contribution in [2.75, 3.05) is 33.3 Å². The van der Waals surface area contributed by atoms with Crippen LogP contribution in [0.3, 0.4) is 0 Å². The number of carbonyl (C=O) groups is 1. The average Bonchev–Trinajstić information content (AvgIpc) is 3.00. The molecule has 3 rings (SSSR count). The van der Waals surface area contributed by atoms with Gasteiger partial charge in [-0.15, -0.1) is 23.7 Å². The SMILES string of the molecule is COc1cc(C(=O)N2C[C@H]3CNC[C@H]3C2)sc1Br.Cl. The number of likely N-dealkylation sites (tertiary alicyclic amines) is 1. The molecule has 2 atom stereocenters. The molecule has 4 nitrogen and oxygen atoms in total. The summed E-state index contributed by atoms with van der Waals surface area (Å²) in [6, 6.07) is 1.82. The van der Waals surface area contributed by atoms with E-state index in [2.05, 4.69) is 21.2 Å². The number of nitrogens with zero attached hydrogens (tertiary/aromatic N) is 1. The minimum atomic E-state index is 0. The summed E-state index contributed by atoms with van der Waals surface area (Å²) in [5.74, 6) is 2.15. The van der Waals surface area contributed by atoms with Crippen molar-refractivity contribution in [1.82, 2.24) is 10.2 Å². The van der Waals surface area contributed by atoms with Crippen LogP contribution in [0.2, 0.25) is 0 Å². The van der Waals surface area contributed by atoms with Crippen LogP contribution in [0.1, 0.15) is 9.67 Å². The number of ether oxygens (including phenoxy) is 1. The first-order valence-corrected chi connectivity index (χ1v) is 7.63. The number of methoxy groups -OCH3 is 1. The quantitative estimate of drug-likeness (QED) is 0.871. The van der Waals surface area contributed by atoms with Crippen molar-refractivity contribution in [3.05, 3.63) is 14.7 Å². The maximum absolute atomic E-state index is 12.4. The van der Waals surface area contributed by atoms with Gasteiger partial charge in [-0.3, -0.25) is 4.79 Å². The highest BCUT2D eigenvalue weighted by atomic mass is 79.9. The molecule has 106 valence electrons. The van der Waals surface area contributed by atoms with Crippen molar-refractivity contribution in [3.63, 3.8) is 0 Å². The molecule has 2 aliphatic rings. The van der Waals surface area contributed by atoms with Gasteiger partial charge in [0.25, 0.3) is 5.91 Å². The second-order valence-corrected chi connectivity index (χ2v) is 7.21. The summed E-state index contributed by atoms with van der Waals surface area (Å²) in [6.45, 7) is 3.86. The summed E-state index contributed by atoms with van der Waals surface area (Å²) in [4.78, 5) is 15.1. The largest absolute Gasteiger partial charge is 0.495 e. The maximum Gasteiger partial charge on any atom is 0.264 e. The van der Waals surface area contributed by atoms with Gasteiger partial charge < -0.3 is 15.0 Å². The molecule has 1 N–H and O–H groups in total. The highest BCUT2D eigenvalue weighted by molar-refractivity contribution is 9.11. The van der Waals surface area contributed by atoms with Crippen LogP contribution in [0.5, 0.6) is 5.75 Å². The standard InChI is InChI=1S/C12H15BrN2O2S.ClH/c1-17-9-2-10(18-11(9)13)12(16)15-5-7-3-14-4-8(7)6-15;/h2,7-8,14H,3-6H2,1H3;1H/t7-,8+;. The van der Waals surface area contributed by atoms with Crippen molar-refractivity contribution in [1.29, 1.82) is 0 Å². The van der Waals surface area contributed by atoms with Gasteiger partial charge in [-0.1, -0.05) is 0 Å². The fraction of sp³-hybridized carbons (Fsp3) is 0.583. The highest BCUT2D eigenvalue weighted by Crippen LogP contribution is 2.36. The Labute approximate surface area is 131 Å². The maximum atomic E-state index is 12.4. The number of fused-ring (bicyclic) bond motifs is 1. The second-order valence-electron chi connectivity index (χ2n) is 4.84. The smallest absolute Gasteiger partial charge is 0.264 e. The van der Waals surface area contributed by atoms with E-state index in [9.17, 15) is 4.79 Å². The van der Waals surface area contributed by atoms with Crippen LogP contribution in [0.25, 0.3) is 0 Å². The fourth-order valence-electron chi connectivity index (χ4n) is 2.77. The fourth-order valence-corrected chi connectivity index (χ4v) is 4.39. The van der Waals surface area contributed by atoms with E-state index < -0.39 is 0 Å². The van der Waals surface area contributed by atoms with Gasteiger partial charge >= 0.3 is 0 Å². The lowest BCUT2D eigenvalue weighted by Crippen LogP contribution is -2.31. The van der Waals surface area contributed by atoms with E-state index >= 15 is 0 Å². The molecule has 1 aromatic heterocycles. The minimum Gasteiger partial charge on any atom is -0.495 e. The molecule has 0 bridgehead atoms. The Morgan fingerprint density at radius 1 is 1.47 bits per heavy atom. The first kappa shape index (κ1) is 15.1. The van der Waals surface area contributed by atoms with E-state index in [0.717, 1.165) is 40.6 Å². The van der Waals surface area contributed by atoms with Gasteiger partial charge in [0.2, 0.25) is 0 Å². The van der Waals surface area contributed by atoms with Gasteiger partial charge in [-0.2, -0.15) is 0 Å². The summed E-state index contributed by atoms with van der Waals surface area (Å²) < 4.78 is 6.08. The lowest BCUT2D eigenvalue weighted by Gasteiger charge is -2.16. The number of carbonyl (C=O) groups excluding carboxylic acids is 1. The molecule has 3 heterocycles. The Bertz CT molecular complexity index is 470. The van der Waals surface area contributed by atoms with Crippen LogP contribution in [-0.2, 0) is 0 Å². The predicted molar refractivity (Wildman–Crippen MR) is 81.6 cm³/mol. The van der Waals surface area contributed by atoms with Crippen LogP contribution in [0.4, 0.5) is 0 Å². The average molecular weight is 368 g/mol. The third kappa shape index (κ3) is 2.77. The van der Waals surface area contributed by atoms with Crippen LogP contribution in [0, 0.1) is 11.8 Å². The topological polar surface area (TPSA) is 41.6 Å². The van der Waals surface area contributed by atoms with E-state index in [4.69, 9.17) is 4.74 Å². The molecule has 2 aliphatic heterocycles. The van der Waals surface area contributed by atoms with E-state index in [1.807, 2.05) is 11.0 Å². The third-order valence-electron chi connectivity index (χ3n) is 3.76. The van der Waals surface area contributed by atoms with Gasteiger partial charge in [0.1, 0.15) is 9.54 Å². The number of hydrogen-bond donors (Lipinski definition) is 1. The number of rotatable bonds is 2. The van der Waals surface area contributed by atoms with Gasteiger partial charge in [0.15, 0.2) is 0 Å². The lowest BCUT2D eigenvalue weighted by molar-refractivity contribution is 0.0786. The number of amides is 1. The number of thiophene rings is 1. The van der Waals surface area contributed by atoms with Gasteiger partial charge in [0.05, 0.1) is 12.0 Å². The number of hydrogen-bond acceptors (Lipinski definition) is 4. The molecule has 7 heteroatoms. The van der Waals surface area contributed by atoms with E-state index in [1.54, 1.807) is 7.11 Å². The molecular formula is C12H16BrClN2O2S. The van der Waals surface area contributed by atoms with Crippen molar-refractivity contribution in [3.8, 4) is 5.75 Å². The Morgan fingerprint density at radius 2 is 2.11 bits per heavy atom. The van der Waals surface area contributed by atoms with Crippen molar-refractivity contribution < 1.29 is 9.53 Å². The summed E-state index contributed by atoms with van der Waals surface area (Å²) >= 11 is 4.86. The first-order valence-electron chi connectivity index (χ1n) is 6.02. The molecule has 2 fully saturated rings. The Balaban J connectivity index is 0.00000133. The first-order chi connectivity index (χ1) is 8.69. The van der Waals surface area contributed by atoms with E-state index in [1.165, 1.54) is 11.3 Å². The zero-order valence-corrected chi connectivity index (χ0v) is 13.7. The molecule has 0 unspecified atom stereocenters. The van der Waals surface area contributed by atoms with Crippen LogP contribution in [-0.4, -0.2) is 44.1 Å². The molecule has 2 saturated heterocycles. The molecule has 19 heavy (non-hydrogen) atoms. The summed E-state index contributed by atoms with van der Waals surface area (Å²) in [5, 5.41) is 3.38. The summed E-state index contributed by atoms with van der Waals surface area (Å²) in [7, 11) is 1.62. The Hall–Kier alpha value is -0.300. The second kappa shape index (κ2) is 5.99. The van der Waals surface area contributed by atoms with Crippen LogP contribution in [0.15, 0.2) is 9.85 Å². The normalized spacial score (nSPS) is 25.1. The van der Waals surface area contributed by atoms with Gasteiger partial charge in [0, 0.05) is 32.2 Å². The molecule has 0 saturated carbocycles. The van der Waals surface area contributed by atoms with Gasteiger partial charge in [-0.05, 0) is 27.8 Å². The monoisotopic (exact) mass is 366 g/mol. The van der Waals surface area contributed by atoms with E-state index in [-0.39, 0.29) is 18.3 Å². The summed E-state index contributed by atoms with van der Waals surface area (Å²) in [5.41, 5.74) is 0. The molecule has 1 aromatic rings. The molecular weight excluding hydrogens is 352 g/mol. The number of halogens is 2. The Morgan fingerprint density at radius 3 is 2.63 bits per heavy atom. The lowest BCUT2D eigenvalue weighted by atomic mass is 10.0. The molecule has 1 amide bonds. The molecule has 0 aliphatic carbocycles. The molecule has 0 spiro atoms. The number of nitrogens with one attached hydrogen (secondary N) is 1. The molecule has 0 aromatic carbocycles. The van der Waals surface area contributed by atoms with Gasteiger partial charge in [-0.25, -0.2) is 0 Å². The zero-order chi connectivity index (χ0) is 12.7. The van der Waals surface area contributed by atoms with Crippen LogP contribution >= 0.6 is 39.7 Å². The summed E-state index contributed by atoms with van der Waals surface area (Å²) in [6.07, 6.45) is 0. The zero-order valence-electron chi connectivity index (χ0n) is 10.5. The van der Waals surface area contributed by atoms with Crippen molar-refractivity contribution >= 4 is 45.6 Å². The minimum absolute atomic E-state index is 0. The predicted octanol–water partition coefficient (Wildman–Crippen LogP) is 2.23. The molecule has 0 radical (unpaired) electrons. The van der Waals surface area contributed by atoms with E-state index in [0.29, 0.717) is 11.8 Å². The third-order valence-corrected chi connectivity index (χ3v) is 5.53. The Kier molecular flexibility index (Phi) is 4.76. The van der Waals surface area contributed by atoms with Crippen molar-refractivity contribution in [2.24, 2.45) is 11.8 Å². The highest BCUT2D eigenvalue weighted by Gasteiger charge is 2.38. The van der Waals surface area contributed by atoms with Crippen molar-refractivity contribution in [2.45, 2.75) is 0 Å².